The number of rotatable bonds is 3. The van der Waals surface area contributed by atoms with Gasteiger partial charge >= 0.3 is 0 Å². The second-order valence-electron chi connectivity index (χ2n) is 4.63. The molecule has 1 aromatic carbocycles. The molecule has 0 aliphatic carbocycles. The zero-order valence-corrected chi connectivity index (χ0v) is 10.7. The van der Waals surface area contributed by atoms with Gasteiger partial charge in [-0.2, -0.15) is 5.10 Å². The van der Waals surface area contributed by atoms with Gasteiger partial charge in [0, 0.05) is 18.5 Å². The van der Waals surface area contributed by atoms with Crippen LogP contribution in [-0.4, -0.2) is 23.9 Å². The maximum absolute atomic E-state index is 5.53. The van der Waals surface area contributed by atoms with Crippen molar-refractivity contribution in [3.8, 4) is 17.0 Å². The van der Waals surface area contributed by atoms with E-state index in [1.54, 1.807) is 0 Å². The minimum Gasteiger partial charge on any atom is -0.493 e. The summed E-state index contributed by atoms with van der Waals surface area (Å²) in [6.07, 6.45) is 0.996. The van der Waals surface area contributed by atoms with Crippen molar-refractivity contribution >= 4 is 0 Å². The quantitative estimate of drug-likeness (QED) is 0.867. The molecule has 0 unspecified atom stereocenters. The maximum atomic E-state index is 5.53. The molecule has 1 aliphatic rings. The Labute approximate surface area is 106 Å². The zero-order chi connectivity index (χ0) is 12.5. The number of nitrogens with one attached hydrogen (secondary N) is 2. The number of fused-ring (bicyclic) bond motifs is 1. The van der Waals surface area contributed by atoms with Crippen LogP contribution in [0.25, 0.3) is 11.3 Å². The summed E-state index contributed by atoms with van der Waals surface area (Å²) in [6.45, 7) is 3.71. The van der Waals surface area contributed by atoms with Crippen molar-refractivity contribution in [2.24, 2.45) is 0 Å². The van der Waals surface area contributed by atoms with Crippen molar-refractivity contribution in [1.29, 1.82) is 0 Å². The van der Waals surface area contributed by atoms with Crippen LogP contribution in [0.3, 0.4) is 0 Å². The van der Waals surface area contributed by atoms with Crippen LogP contribution in [0.1, 0.15) is 16.8 Å². The SMILES string of the molecule is CNCc1[nH]nc(-c2ccc3c(c2)CCO3)c1C. The molecule has 4 heteroatoms. The second-order valence-corrected chi connectivity index (χ2v) is 4.63. The predicted molar refractivity (Wildman–Crippen MR) is 70.7 cm³/mol. The average Bonchev–Trinajstić information content (AvgIpc) is 2.97. The Balaban J connectivity index is 1.99. The van der Waals surface area contributed by atoms with Crippen molar-refractivity contribution in [2.75, 3.05) is 13.7 Å². The first kappa shape index (κ1) is 11.3. The minimum atomic E-state index is 0.795. The molecule has 0 spiro atoms. The van der Waals surface area contributed by atoms with Gasteiger partial charge < -0.3 is 10.1 Å². The lowest BCUT2D eigenvalue weighted by molar-refractivity contribution is 0.357. The van der Waals surface area contributed by atoms with Gasteiger partial charge in [0.1, 0.15) is 5.75 Å². The summed E-state index contributed by atoms with van der Waals surface area (Å²) in [5.74, 6) is 1.02. The lowest BCUT2D eigenvalue weighted by Gasteiger charge is -2.03. The van der Waals surface area contributed by atoms with Crippen LogP contribution in [0.15, 0.2) is 18.2 Å². The van der Waals surface area contributed by atoms with E-state index in [-0.39, 0.29) is 0 Å². The largest absolute Gasteiger partial charge is 0.493 e. The highest BCUT2D eigenvalue weighted by Gasteiger charge is 2.15. The van der Waals surface area contributed by atoms with Gasteiger partial charge in [-0.05, 0) is 43.3 Å². The molecular formula is C14H17N3O. The van der Waals surface area contributed by atoms with E-state index < -0.39 is 0 Å². The van der Waals surface area contributed by atoms with Crippen LogP contribution in [0.4, 0.5) is 0 Å². The zero-order valence-electron chi connectivity index (χ0n) is 10.7. The standard InChI is InChI=1S/C14H17N3O/c1-9-12(8-15-2)16-17-14(9)11-3-4-13-10(7-11)5-6-18-13/h3-4,7,15H,5-6,8H2,1-2H3,(H,16,17). The highest BCUT2D eigenvalue weighted by molar-refractivity contribution is 5.66. The van der Waals surface area contributed by atoms with Gasteiger partial charge in [0.05, 0.1) is 18.0 Å². The van der Waals surface area contributed by atoms with Crippen molar-refractivity contribution in [2.45, 2.75) is 19.9 Å². The van der Waals surface area contributed by atoms with E-state index in [1.165, 1.54) is 11.1 Å². The first-order chi connectivity index (χ1) is 8.79. The van der Waals surface area contributed by atoms with Crippen molar-refractivity contribution in [3.05, 3.63) is 35.0 Å². The topological polar surface area (TPSA) is 49.9 Å². The number of benzene rings is 1. The summed E-state index contributed by atoms with van der Waals surface area (Å²) < 4.78 is 5.53. The van der Waals surface area contributed by atoms with E-state index >= 15 is 0 Å². The van der Waals surface area contributed by atoms with E-state index in [4.69, 9.17) is 4.74 Å². The Morgan fingerprint density at radius 1 is 1.44 bits per heavy atom. The fraction of sp³-hybridized carbons (Fsp3) is 0.357. The summed E-state index contributed by atoms with van der Waals surface area (Å²) in [5.41, 5.74) is 5.84. The molecule has 18 heavy (non-hydrogen) atoms. The van der Waals surface area contributed by atoms with Crippen LogP contribution in [0.5, 0.6) is 5.75 Å². The van der Waals surface area contributed by atoms with Crippen LogP contribution >= 0.6 is 0 Å². The summed E-state index contributed by atoms with van der Waals surface area (Å²) >= 11 is 0. The van der Waals surface area contributed by atoms with Crippen LogP contribution in [0, 0.1) is 6.92 Å². The number of aromatic nitrogens is 2. The van der Waals surface area contributed by atoms with Crippen molar-refractivity contribution in [1.82, 2.24) is 15.5 Å². The summed E-state index contributed by atoms with van der Waals surface area (Å²) in [7, 11) is 1.94. The van der Waals surface area contributed by atoms with E-state index in [0.717, 1.165) is 42.3 Å². The van der Waals surface area contributed by atoms with Crippen molar-refractivity contribution < 1.29 is 4.74 Å². The summed E-state index contributed by atoms with van der Waals surface area (Å²) in [4.78, 5) is 0. The van der Waals surface area contributed by atoms with E-state index in [0.29, 0.717) is 0 Å². The fourth-order valence-corrected chi connectivity index (χ4v) is 2.40. The van der Waals surface area contributed by atoms with Gasteiger partial charge in [0.25, 0.3) is 0 Å². The van der Waals surface area contributed by atoms with Crippen LogP contribution in [0.2, 0.25) is 0 Å². The summed E-state index contributed by atoms with van der Waals surface area (Å²) in [6, 6.07) is 6.31. The molecule has 0 radical (unpaired) electrons. The number of aromatic amines is 1. The normalized spacial score (nSPS) is 13.4. The monoisotopic (exact) mass is 243 g/mol. The molecule has 2 N–H and O–H groups in total. The summed E-state index contributed by atoms with van der Waals surface area (Å²) in [5, 5.41) is 10.7. The Bertz CT molecular complexity index is 574. The molecule has 0 bridgehead atoms. The molecule has 0 saturated carbocycles. The maximum Gasteiger partial charge on any atom is 0.122 e. The Kier molecular flexibility index (Phi) is 2.80. The van der Waals surface area contributed by atoms with Gasteiger partial charge in [-0.25, -0.2) is 0 Å². The lowest BCUT2D eigenvalue weighted by Crippen LogP contribution is -2.06. The van der Waals surface area contributed by atoms with E-state index in [1.807, 2.05) is 13.1 Å². The van der Waals surface area contributed by atoms with Gasteiger partial charge in [0.2, 0.25) is 0 Å². The molecule has 0 fully saturated rings. The molecule has 94 valence electrons. The first-order valence-corrected chi connectivity index (χ1v) is 6.24. The number of hydrogen-bond acceptors (Lipinski definition) is 3. The number of ether oxygens (including phenoxy) is 1. The Morgan fingerprint density at radius 2 is 2.33 bits per heavy atom. The van der Waals surface area contributed by atoms with E-state index in [9.17, 15) is 0 Å². The van der Waals surface area contributed by atoms with Crippen LogP contribution < -0.4 is 10.1 Å². The molecular weight excluding hydrogens is 226 g/mol. The molecule has 1 aromatic heterocycles. The molecule has 1 aliphatic heterocycles. The van der Waals surface area contributed by atoms with Gasteiger partial charge in [0.15, 0.2) is 0 Å². The smallest absolute Gasteiger partial charge is 0.122 e. The van der Waals surface area contributed by atoms with E-state index in [2.05, 4.69) is 34.6 Å². The molecule has 3 rings (SSSR count). The molecule has 0 atom stereocenters. The molecule has 0 amide bonds. The number of hydrogen-bond donors (Lipinski definition) is 2. The molecule has 0 saturated heterocycles. The third-order valence-electron chi connectivity index (χ3n) is 3.43. The third kappa shape index (κ3) is 1.78. The second kappa shape index (κ2) is 4.46. The lowest BCUT2D eigenvalue weighted by atomic mass is 10.0. The molecule has 2 heterocycles. The molecule has 4 nitrogen and oxygen atoms in total. The number of H-pyrrole nitrogens is 1. The molecule has 2 aromatic rings. The third-order valence-corrected chi connectivity index (χ3v) is 3.43. The minimum absolute atomic E-state index is 0.795. The van der Waals surface area contributed by atoms with Gasteiger partial charge in [-0.1, -0.05) is 0 Å². The Hall–Kier alpha value is -1.81. The highest BCUT2D eigenvalue weighted by atomic mass is 16.5. The average molecular weight is 243 g/mol. The fourth-order valence-electron chi connectivity index (χ4n) is 2.40. The van der Waals surface area contributed by atoms with Gasteiger partial charge in [-0.15, -0.1) is 0 Å². The number of nitrogens with zero attached hydrogens (tertiary/aromatic N) is 1. The first-order valence-electron chi connectivity index (χ1n) is 6.24. The van der Waals surface area contributed by atoms with Gasteiger partial charge in [-0.3, -0.25) is 5.10 Å². The predicted octanol–water partition coefficient (Wildman–Crippen LogP) is 2.04. The highest BCUT2D eigenvalue weighted by Crippen LogP contribution is 2.31. The van der Waals surface area contributed by atoms with Crippen LogP contribution in [-0.2, 0) is 13.0 Å². The Morgan fingerprint density at radius 3 is 3.17 bits per heavy atom. The van der Waals surface area contributed by atoms with Crippen molar-refractivity contribution in [3.63, 3.8) is 0 Å².